The number of amides is 1. The number of fused-ring (bicyclic) bond motifs is 1. The normalized spacial score (nSPS) is 12.2. The summed E-state index contributed by atoms with van der Waals surface area (Å²) in [4.78, 5) is 15.7. The fourth-order valence-electron chi connectivity index (χ4n) is 3.28. The standard InChI is InChI=1S/C21H18ClN3O2/c1-13-10-20(27-25-13)21(26)24-12-16(14-6-2-4-8-18(14)22)17-11-23-19-9-5-3-7-15(17)19/h2-11,16,23H,12H2,1H3,(H,24,26). The molecule has 1 amide bonds. The van der Waals surface area contributed by atoms with Gasteiger partial charge in [0.05, 0.1) is 5.69 Å². The molecule has 1 atom stereocenters. The number of para-hydroxylation sites is 1. The van der Waals surface area contributed by atoms with Crippen molar-refractivity contribution in [1.82, 2.24) is 15.5 Å². The quantitative estimate of drug-likeness (QED) is 0.529. The van der Waals surface area contributed by atoms with Gasteiger partial charge in [0.1, 0.15) is 0 Å². The van der Waals surface area contributed by atoms with Gasteiger partial charge < -0.3 is 14.8 Å². The minimum Gasteiger partial charge on any atom is -0.361 e. The molecule has 27 heavy (non-hydrogen) atoms. The first kappa shape index (κ1) is 17.4. The van der Waals surface area contributed by atoms with Gasteiger partial charge in [-0.25, -0.2) is 0 Å². The van der Waals surface area contributed by atoms with Crippen LogP contribution in [-0.4, -0.2) is 22.6 Å². The largest absolute Gasteiger partial charge is 0.361 e. The molecule has 0 saturated heterocycles. The van der Waals surface area contributed by atoms with Gasteiger partial charge in [0, 0.05) is 40.7 Å². The minimum atomic E-state index is -0.299. The number of nitrogens with zero attached hydrogens (tertiary/aromatic N) is 1. The van der Waals surface area contributed by atoms with Crippen LogP contribution in [0.2, 0.25) is 5.02 Å². The summed E-state index contributed by atoms with van der Waals surface area (Å²) in [5, 5.41) is 8.48. The Bertz CT molecular complexity index is 1100. The SMILES string of the molecule is Cc1cc(C(=O)NCC(c2ccccc2Cl)c2c[nH]c3ccccc23)on1. The van der Waals surface area contributed by atoms with Crippen LogP contribution < -0.4 is 5.32 Å². The number of aromatic amines is 1. The molecule has 0 bridgehead atoms. The van der Waals surface area contributed by atoms with Crippen molar-refractivity contribution in [3.63, 3.8) is 0 Å². The van der Waals surface area contributed by atoms with Crippen LogP contribution in [-0.2, 0) is 0 Å². The van der Waals surface area contributed by atoms with E-state index in [0.717, 1.165) is 22.0 Å². The molecule has 2 heterocycles. The van der Waals surface area contributed by atoms with Gasteiger partial charge in [-0.2, -0.15) is 0 Å². The molecule has 0 saturated carbocycles. The number of carbonyl (C=O) groups is 1. The third-order valence-electron chi connectivity index (χ3n) is 4.60. The molecule has 6 heteroatoms. The molecule has 5 nitrogen and oxygen atoms in total. The minimum absolute atomic E-state index is 0.109. The molecule has 0 aliphatic rings. The molecule has 2 N–H and O–H groups in total. The molecule has 1 unspecified atom stereocenters. The van der Waals surface area contributed by atoms with Gasteiger partial charge in [-0.05, 0) is 30.2 Å². The van der Waals surface area contributed by atoms with Gasteiger partial charge in [-0.1, -0.05) is 53.2 Å². The molecule has 0 spiro atoms. The third kappa shape index (κ3) is 3.46. The van der Waals surface area contributed by atoms with Crippen LogP contribution in [0.25, 0.3) is 10.9 Å². The highest BCUT2D eigenvalue weighted by Gasteiger charge is 2.22. The molecule has 4 aromatic rings. The monoisotopic (exact) mass is 379 g/mol. The maximum Gasteiger partial charge on any atom is 0.289 e. The predicted molar refractivity (Wildman–Crippen MR) is 105 cm³/mol. The van der Waals surface area contributed by atoms with Crippen molar-refractivity contribution in [3.8, 4) is 0 Å². The van der Waals surface area contributed by atoms with E-state index >= 15 is 0 Å². The van der Waals surface area contributed by atoms with E-state index in [9.17, 15) is 4.79 Å². The number of hydrogen-bond donors (Lipinski definition) is 2. The topological polar surface area (TPSA) is 70.9 Å². The van der Waals surface area contributed by atoms with E-state index in [1.807, 2.05) is 48.7 Å². The average molecular weight is 380 g/mol. The first-order valence-corrected chi connectivity index (χ1v) is 9.03. The Morgan fingerprint density at radius 3 is 2.74 bits per heavy atom. The summed E-state index contributed by atoms with van der Waals surface area (Å²) in [5.41, 5.74) is 3.74. The lowest BCUT2D eigenvalue weighted by Crippen LogP contribution is -2.28. The number of benzene rings is 2. The van der Waals surface area contributed by atoms with Gasteiger partial charge in [0.25, 0.3) is 5.91 Å². The summed E-state index contributed by atoms with van der Waals surface area (Å²) in [6, 6.07) is 17.4. The van der Waals surface area contributed by atoms with Crippen LogP contribution in [0.15, 0.2) is 65.3 Å². The summed E-state index contributed by atoms with van der Waals surface area (Å²) >= 11 is 6.47. The average Bonchev–Trinajstić information content (AvgIpc) is 3.30. The van der Waals surface area contributed by atoms with Crippen LogP contribution >= 0.6 is 11.6 Å². The van der Waals surface area contributed by atoms with Crippen LogP contribution in [0.4, 0.5) is 0 Å². The summed E-state index contributed by atoms with van der Waals surface area (Å²) in [7, 11) is 0. The molecule has 0 radical (unpaired) electrons. The predicted octanol–water partition coefficient (Wildman–Crippen LogP) is 4.68. The zero-order valence-electron chi connectivity index (χ0n) is 14.7. The maximum absolute atomic E-state index is 12.4. The number of nitrogens with one attached hydrogen (secondary N) is 2. The molecule has 0 aliphatic carbocycles. The van der Waals surface area contributed by atoms with E-state index in [2.05, 4.69) is 21.5 Å². The Labute approximate surface area is 161 Å². The summed E-state index contributed by atoms with van der Waals surface area (Å²) < 4.78 is 5.05. The Hall–Kier alpha value is -3.05. The van der Waals surface area contributed by atoms with Gasteiger partial charge in [0.15, 0.2) is 0 Å². The molecule has 2 aromatic carbocycles. The zero-order chi connectivity index (χ0) is 18.8. The third-order valence-corrected chi connectivity index (χ3v) is 4.94. The van der Waals surface area contributed by atoms with Crippen LogP contribution in [0.3, 0.4) is 0 Å². The first-order chi connectivity index (χ1) is 13.1. The Balaban J connectivity index is 1.68. The highest BCUT2D eigenvalue weighted by atomic mass is 35.5. The Morgan fingerprint density at radius 1 is 1.19 bits per heavy atom. The first-order valence-electron chi connectivity index (χ1n) is 8.65. The number of rotatable bonds is 5. The second-order valence-corrected chi connectivity index (χ2v) is 6.81. The lowest BCUT2D eigenvalue weighted by molar-refractivity contribution is 0.0915. The number of aromatic nitrogens is 2. The van der Waals surface area contributed by atoms with Crippen LogP contribution in [0.1, 0.15) is 33.3 Å². The van der Waals surface area contributed by atoms with Gasteiger partial charge in [-0.3, -0.25) is 4.79 Å². The fourth-order valence-corrected chi connectivity index (χ4v) is 3.55. The second-order valence-electron chi connectivity index (χ2n) is 6.41. The number of carbonyl (C=O) groups excluding carboxylic acids is 1. The lowest BCUT2D eigenvalue weighted by Gasteiger charge is -2.19. The lowest BCUT2D eigenvalue weighted by atomic mass is 9.90. The van der Waals surface area contributed by atoms with Crippen LogP contribution in [0.5, 0.6) is 0 Å². The fraction of sp³-hybridized carbons (Fsp3) is 0.143. The van der Waals surface area contributed by atoms with Crippen molar-refractivity contribution in [3.05, 3.63) is 88.4 Å². The van der Waals surface area contributed by atoms with Gasteiger partial charge >= 0.3 is 0 Å². The maximum atomic E-state index is 12.4. The molecule has 0 aliphatic heterocycles. The number of hydrogen-bond acceptors (Lipinski definition) is 3. The van der Waals surface area contributed by atoms with Crippen molar-refractivity contribution in [2.24, 2.45) is 0 Å². The van der Waals surface area contributed by atoms with E-state index in [1.54, 1.807) is 13.0 Å². The summed E-state index contributed by atoms with van der Waals surface area (Å²) in [5.74, 6) is -0.209. The highest BCUT2D eigenvalue weighted by Crippen LogP contribution is 2.34. The van der Waals surface area contributed by atoms with Crippen molar-refractivity contribution in [2.75, 3.05) is 6.54 Å². The highest BCUT2D eigenvalue weighted by molar-refractivity contribution is 6.31. The summed E-state index contributed by atoms with van der Waals surface area (Å²) in [6.07, 6.45) is 1.98. The van der Waals surface area contributed by atoms with E-state index in [-0.39, 0.29) is 17.6 Å². The number of aryl methyl sites for hydroxylation is 1. The van der Waals surface area contributed by atoms with Crippen LogP contribution in [0, 0.1) is 6.92 Å². The van der Waals surface area contributed by atoms with E-state index in [0.29, 0.717) is 17.3 Å². The van der Waals surface area contributed by atoms with Crippen molar-refractivity contribution in [1.29, 1.82) is 0 Å². The van der Waals surface area contributed by atoms with Crippen molar-refractivity contribution >= 4 is 28.4 Å². The Kier molecular flexibility index (Phi) is 4.69. The van der Waals surface area contributed by atoms with E-state index in [4.69, 9.17) is 16.1 Å². The molecule has 2 aromatic heterocycles. The van der Waals surface area contributed by atoms with E-state index < -0.39 is 0 Å². The number of H-pyrrole nitrogens is 1. The van der Waals surface area contributed by atoms with E-state index in [1.165, 1.54) is 0 Å². The molecule has 136 valence electrons. The zero-order valence-corrected chi connectivity index (χ0v) is 15.5. The van der Waals surface area contributed by atoms with Crippen molar-refractivity contribution in [2.45, 2.75) is 12.8 Å². The molecule has 4 rings (SSSR count). The molecular weight excluding hydrogens is 362 g/mol. The molecular formula is C21H18ClN3O2. The second kappa shape index (κ2) is 7.29. The smallest absolute Gasteiger partial charge is 0.289 e. The Morgan fingerprint density at radius 2 is 1.96 bits per heavy atom. The van der Waals surface area contributed by atoms with Crippen molar-refractivity contribution < 1.29 is 9.32 Å². The van der Waals surface area contributed by atoms with Gasteiger partial charge in [-0.15, -0.1) is 0 Å². The number of halogens is 1. The molecule has 0 fully saturated rings. The summed E-state index contributed by atoms with van der Waals surface area (Å²) in [6.45, 7) is 2.16. The van der Waals surface area contributed by atoms with Gasteiger partial charge in [0.2, 0.25) is 5.76 Å².